The van der Waals surface area contributed by atoms with Gasteiger partial charge in [-0.15, -0.1) is 0 Å². The number of hydrogen-bond acceptors (Lipinski definition) is 5. The topological polar surface area (TPSA) is 81.9 Å². The molecule has 2 heterocycles. The fraction of sp³-hybridized carbons (Fsp3) is 0.280. The van der Waals surface area contributed by atoms with Crippen LogP contribution in [-0.4, -0.2) is 31.8 Å². The molecule has 194 valence electrons. The summed E-state index contributed by atoms with van der Waals surface area (Å²) in [4.78, 5) is 20.7. The molecule has 1 atom stereocenters. The number of pyridine rings is 1. The molecule has 4 aromatic rings. The number of aromatic nitrogens is 4. The van der Waals surface area contributed by atoms with Crippen molar-refractivity contribution in [3.8, 4) is 11.4 Å². The third kappa shape index (κ3) is 5.99. The van der Waals surface area contributed by atoms with Gasteiger partial charge in [0.1, 0.15) is 42.3 Å². The number of nitrogens with zero attached hydrogens (tertiary/aromatic N) is 4. The van der Waals surface area contributed by atoms with Crippen LogP contribution in [0.5, 0.6) is 5.75 Å². The van der Waals surface area contributed by atoms with Crippen molar-refractivity contribution in [2.45, 2.75) is 46.0 Å². The van der Waals surface area contributed by atoms with Gasteiger partial charge in [-0.25, -0.2) is 19.0 Å². The summed E-state index contributed by atoms with van der Waals surface area (Å²) in [6, 6.07) is 6.86. The van der Waals surface area contributed by atoms with Gasteiger partial charge in [0.15, 0.2) is 0 Å². The first-order valence-corrected chi connectivity index (χ1v) is 11.4. The monoisotopic (exact) mass is 536 g/mol. The molecule has 1 amide bonds. The van der Waals surface area contributed by atoms with Crippen LogP contribution in [0.2, 0.25) is 5.02 Å². The summed E-state index contributed by atoms with van der Waals surface area (Å²) in [5.74, 6) is -1.27. The fourth-order valence-electron chi connectivity index (χ4n) is 3.89. The quantitative estimate of drug-likeness (QED) is 0.296. The predicted molar refractivity (Wildman–Crippen MR) is 129 cm³/mol. The van der Waals surface area contributed by atoms with Crippen molar-refractivity contribution in [1.29, 1.82) is 0 Å². The lowest BCUT2D eigenvalue weighted by Crippen LogP contribution is -2.31. The van der Waals surface area contributed by atoms with E-state index < -0.39 is 30.3 Å². The maximum absolute atomic E-state index is 14.2. The van der Waals surface area contributed by atoms with Crippen LogP contribution in [-0.2, 0) is 11.4 Å². The van der Waals surface area contributed by atoms with E-state index in [1.807, 2.05) is 17.4 Å². The van der Waals surface area contributed by atoms with Crippen LogP contribution in [0.25, 0.3) is 16.6 Å². The van der Waals surface area contributed by atoms with E-state index in [1.165, 1.54) is 6.33 Å². The normalized spacial score (nSPS) is 13.8. The third-order valence-corrected chi connectivity index (χ3v) is 5.82. The zero-order valence-corrected chi connectivity index (χ0v) is 20.7. The second-order valence-electron chi connectivity index (χ2n) is 8.32. The standard InChI is InChI=1S/C25H22ClF4N5O2/c1-13-7-21(35-15(3)31-12-32-35)17-5-4-6-22(24(17)33-13)37-11-19-18(8-16(27)9-20(19)26)14(2)34-23(36)10-25(28,29)30/h4-9,12,14H,10-11H2,1-3H3,(H,34,36)/t14-/m0/s1/i14D. The van der Waals surface area contributed by atoms with Crippen molar-refractivity contribution >= 4 is 28.4 Å². The molecule has 7 nitrogen and oxygen atoms in total. The van der Waals surface area contributed by atoms with Crippen LogP contribution in [0.3, 0.4) is 0 Å². The van der Waals surface area contributed by atoms with Crippen LogP contribution in [0.4, 0.5) is 17.6 Å². The molecular formula is C25H22ClF4N5O2. The molecule has 0 unspecified atom stereocenters. The number of carbonyl (C=O) groups is 1. The first kappa shape index (κ1) is 24.9. The van der Waals surface area contributed by atoms with Gasteiger partial charge in [0.2, 0.25) is 5.91 Å². The highest BCUT2D eigenvalue weighted by molar-refractivity contribution is 6.31. The number of benzene rings is 2. The van der Waals surface area contributed by atoms with Crippen molar-refractivity contribution < 1.29 is 28.5 Å². The highest BCUT2D eigenvalue weighted by atomic mass is 35.5. The average molecular weight is 537 g/mol. The number of hydrogen-bond donors (Lipinski definition) is 1. The lowest BCUT2D eigenvalue weighted by atomic mass is 10.0. The van der Waals surface area contributed by atoms with Gasteiger partial charge in [-0.3, -0.25) is 4.79 Å². The van der Waals surface area contributed by atoms with Crippen molar-refractivity contribution in [3.63, 3.8) is 0 Å². The molecule has 0 aliphatic heterocycles. The van der Waals surface area contributed by atoms with E-state index in [-0.39, 0.29) is 22.8 Å². The summed E-state index contributed by atoms with van der Waals surface area (Å²) in [6.07, 6.45) is -5.12. The first-order chi connectivity index (χ1) is 17.7. The van der Waals surface area contributed by atoms with Gasteiger partial charge in [0, 0.05) is 16.6 Å². The van der Waals surface area contributed by atoms with E-state index >= 15 is 0 Å². The number of para-hydroxylation sites is 1. The summed E-state index contributed by atoms with van der Waals surface area (Å²) < 4.78 is 68.4. The highest BCUT2D eigenvalue weighted by Crippen LogP contribution is 2.33. The van der Waals surface area contributed by atoms with Crippen molar-refractivity contribution in [2.24, 2.45) is 0 Å². The molecule has 37 heavy (non-hydrogen) atoms. The molecule has 0 fully saturated rings. The van der Waals surface area contributed by atoms with E-state index in [9.17, 15) is 22.4 Å². The van der Waals surface area contributed by atoms with E-state index in [4.69, 9.17) is 17.7 Å². The summed E-state index contributed by atoms with van der Waals surface area (Å²) in [6.45, 7) is 4.45. The minimum atomic E-state index is -4.77. The molecule has 0 bridgehead atoms. The van der Waals surface area contributed by atoms with Gasteiger partial charge < -0.3 is 10.1 Å². The number of rotatable bonds is 7. The number of carbonyl (C=O) groups excluding carboxylic acids is 1. The third-order valence-electron chi connectivity index (χ3n) is 5.48. The molecule has 4 rings (SSSR count). The molecule has 2 aromatic heterocycles. The number of halogens is 5. The van der Waals surface area contributed by atoms with Crippen LogP contribution in [0.15, 0.2) is 42.7 Å². The zero-order chi connectivity index (χ0) is 27.8. The summed E-state index contributed by atoms with van der Waals surface area (Å²) in [5.41, 5.74) is 1.85. The Labute approximate surface area is 215 Å². The Hall–Kier alpha value is -3.73. The molecule has 0 aliphatic rings. The highest BCUT2D eigenvalue weighted by Gasteiger charge is 2.32. The summed E-state index contributed by atoms with van der Waals surface area (Å²) in [5, 5.41) is 6.84. The smallest absolute Gasteiger partial charge is 0.397 e. The molecular weight excluding hydrogens is 514 g/mol. The molecule has 1 N–H and O–H groups in total. The lowest BCUT2D eigenvalue weighted by Gasteiger charge is -2.20. The summed E-state index contributed by atoms with van der Waals surface area (Å²) >= 11 is 6.27. The number of ether oxygens (including phenoxy) is 1. The Morgan fingerprint density at radius 1 is 1.27 bits per heavy atom. The second-order valence-corrected chi connectivity index (χ2v) is 8.73. The second kappa shape index (κ2) is 10.3. The van der Waals surface area contributed by atoms with Gasteiger partial charge >= 0.3 is 6.18 Å². The van der Waals surface area contributed by atoms with Crippen LogP contribution in [0.1, 0.15) is 43.4 Å². The largest absolute Gasteiger partial charge is 0.487 e. The number of nitrogens with one attached hydrogen (secondary N) is 1. The fourth-order valence-corrected chi connectivity index (χ4v) is 4.15. The number of fused-ring (bicyclic) bond motifs is 1. The van der Waals surface area contributed by atoms with Crippen LogP contribution in [0, 0.1) is 19.7 Å². The van der Waals surface area contributed by atoms with Crippen molar-refractivity contribution in [3.05, 3.63) is 76.2 Å². The van der Waals surface area contributed by atoms with E-state index in [2.05, 4.69) is 15.1 Å². The van der Waals surface area contributed by atoms with Crippen molar-refractivity contribution in [1.82, 2.24) is 25.1 Å². The first-order valence-electron chi connectivity index (χ1n) is 11.5. The van der Waals surface area contributed by atoms with Gasteiger partial charge in [-0.1, -0.05) is 23.7 Å². The lowest BCUT2D eigenvalue weighted by molar-refractivity contribution is -0.154. The zero-order valence-electron chi connectivity index (χ0n) is 21.0. The van der Waals surface area contributed by atoms with Gasteiger partial charge in [-0.2, -0.15) is 18.3 Å². The molecule has 2 aromatic carbocycles. The van der Waals surface area contributed by atoms with Crippen molar-refractivity contribution in [2.75, 3.05) is 0 Å². The molecule has 0 saturated carbocycles. The van der Waals surface area contributed by atoms with Gasteiger partial charge in [0.05, 0.1) is 18.1 Å². The molecule has 0 saturated heterocycles. The van der Waals surface area contributed by atoms with E-state index in [0.29, 0.717) is 28.2 Å². The Morgan fingerprint density at radius 3 is 2.70 bits per heavy atom. The molecule has 0 aliphatic carbocycles. The molecule has 0 radical (unpaired) electrons. The van der Waals surface area contributed by atoms with Gasteiger partial charge in [-0.05, 0) is 50.6 Å². The maximum atomic E-state index is 14.2. The Bertz CT molecular complexity index is 1520. The maximum Gasteiger partial charge on any atom is 0.397 e. The SMILES string of the molecule is [2H][C@@](C)(NC(=O)CC(F)(F)F)c1cc(F)cc(Cl)c1COc1cccc2c(-n3ncnc3C)cc(C)nc12. The summed E-state index contributed by atoms with van der Waals surface area (Å²) in [7, 11) is 0. The Kier molecular flexibility index (Phi) is 6.96. The van der Waals surface area contributed by atoms with Crippen LogP contribution < -0.4 is 10.1 Å². The predicted octanol–water partition coefficient (Wildman–Crippen LogP) is 5.93. The van der Waals surface area contributed by atoms with Crippen LogP contribution >= 0.6 is 11.6 Å². The van der Waals surface area contributed by atoms with Gasteiger partial charge in [0.25, 0.3) is 0 Å². The number of alkyl halides is 3. The minimum absolute atomic E-state index is 0.119. The average Bonchev–Trinajstić information content (AvgIpc) is 3.21. The Balaban J connectivity index is 1.70. The number of amides is 1. The van der Waals surface area contributed by atoms with E-state index in [1.54, 1.807) is 30.7 Å². The van der Waals surface area contributed by atoms with E-state index in [0.717, 1.165) is 24.7 Å². The minimum Gasteiger partial charge on any atom is -0.487 e. The number of aryl methyl sites for hydroxylation is 2. The molecule has 12 heteroatoms. The molecule has 0 spiro atoms. The Morgan fingerprint density at radius 2 is 2.03 bits per heavy atom.